The van der Waals surface area contributed by atoms with E-state index in [1.165, 1.54) is 7.11 Å². The van der Waals surface area contributed by atoms with E-state index in [-0.39, 0.29) is 30.4 Å². The smallest absolute Gasteiger partial charge is 0.409 e. The van der Waals surface area contributed by atoms with Crippen LogP contribution < -0.4 is 10.1 Å². The number of aromatic amines is 1. The van der Waals surface area contributed by atoms with Crippen molar-refractivity contribution in [3.05, 3.63) is 35.7 Å². The molecule has 0 radical (unpaired) electrons. The Kier molecular flexibility index (Phi) is 6.69. The molecule has 29 heavy (non-hydrogen) atoms. The van der Waals surface area contributed by atoms with Crippen molar-refractivity contribution in [1.29, 1.82) is 0 Å². The van der Waals surface area contributed by atoms with Crippen LogP contribution in [0.1, 0.15) is 43.4 Å². The molecular weight excluding hydrogens is 374 g/mol. The molecule has 2 aromatic rings. The van der Waals surface area contributed by atoms with Crippen LogP contribution in [0.2, 0.25) is 0 Å². The number of carbonyl (C=O) groups is 2. The summed E-state index contributed by atoms with van der Waals surface area (Å²) in [5.74, 6) is 1.01. The zero-order chi connectivity index (χ0) is 20.8. The number of anilines is 1. The highest BCUT2D eigenvalue weighted by atomic mass is 16.6. The van der Waals surface area contributed by atoms with Gasteiger partial charge >= 0.3 is 6.09 Å². The van der Waals surface area contributed by atoms with Crippen molar-refractivity contribution in [2.45, 2.75) is 44.6 Å². The lowest BCUT2D eigenvalue weighted by Crippen LogP contribution is -2.30. The fourth-order valence-corrected chi connectivity index (χ4v) is 3.35. The number of hydrogen-bond acceptors (Lipinski definition) is 6. The number of amides is 2. The zero-order valence-electron chi connectivity index (χ0n) is 17.0. The van der Waals surface area contributed by atoms with Crippen LogP contribution >= 0.6 is 0 Å². The molecule has 1 saturated carbocycles. The summed E-state index contributed by atoms with van der Waals surface area (Å²) in [6.07, 6.45) is 3.89. The predicted molar refractivity (Wildman–Crippen MR) is 107 cm³/mol. The lowest BCUT2D eigenvalue weighted by molar-refractivity contribution is -0.115. The van der Waals surface area contributed by atoms with Gasteiger partial charge in [0.2, 0.25) is 11.8 Å². The van der Waals surface area contributed by atoms with Gasteiger partial charge in [-0.3, -0.25) is 9.89 Å². The van der Waals surface area contributed by atoms with Crippen LogP contribution in [0.4, 0.5) is 10.6 Å². The molecule has 9 nitrogen and oxygen atoms in total. The second-order valence-corrected chi connectivity index (χ2v) is 7.17. The molecule has 1 fully saturated rings. The number of nitrogens with zero attached hydrogens (tertiary/aromatic N) is 3. The highest BCUT2D eigenvalue weighted by Gasteiger charge is 2.30. The predicted octanol–water partition coefficient (Wildman–Crippen LogP) is 2.72. The van der Waals surface area contributed by atoms with E-state index < -0.39 is 0 Å². The number of aromatic nitrogens is 3. The maximum atomic E-state index is 12.3. The fraction of sp³-hybridized carbons (Fsp3) is 0.500. The maximum Gasteiger partial charge on any atom is 0.409 e. The fourth-order valence-electron chi connectivity index (χ4n) is 3.35. The summed E-state index contributed by atoms with van der Waals surface area (Å²) in [4.78, 5) is 29.8. The number of carbonyl (C=O) groups excluding carboxylic acids is 2. The van der Waals surface area contributed by atoms with E-state index in [1.807, 2.05) is 13.0 Å². The summed E-state index contributed by atoms with van der Waals surface area (Å²) in [6, 6.07) is 5.34. The first-order valence-corrected chi connectivity index (χ1v) is 9.74. The van der Waals surface area contributed by atoms with Crippen LogP contribution in [-0.2, 0) is 16.0 Å². The van der Waals surface area contributed by atoms with Gasteiger partial charge in [-0.15, -0.1) is 0 Å². The van der Waals surface area contributed by atoms with Crippen molar-refractivity contribution < 1.29 is 19.1 Å². The summed E-state index contributed by atoms with van der Waals surface area (Å²) < 4.78 is 10.6. The SMILES string of the molecule is CCN(C)C(=O)O[C@@H]1CC[C@H](c2cc(NC(=O)Cc3ccnc(OC)c3)n[nH]2)C1. The lowest BCUT2D eigenvalue weighted by atomic mass is 10.0. The first kappa shape index (κ1) is 20.6. The van der Waals surface area contributed by atoms with Gasteiger partial charge in [0.05, 0.1) is 13.5 Å². The topological polar surface area (TPSA) is 109 Å². The van der Waals surface area contributed by atoms with Crippen LogP contribution in [-0.4, -0.2) is 58.9 Å². The molecule has 3 rings (SSSR count). The first-order chi connectivity index (χ1) is 14.0. The average Bonchev–Trinajstić information content (AvgIpc) is 3.36. The van der Waals surface area contributed by atoms with Gasteiger partial charge < -0.3 is 19.7 Å². The Hall–Kier alpha value is -3.10. The van der Waals surface area contributed by atoms with E-state index in [0.29, 0.717) is 18.2 Å². The second-order valence-electron chi connectivity index (χ2n) is 7.17. The van der Waals surface area contributed by atoms with E-state index in [1.54, 1.807) is 30.3 Å². The van der Waals surface area contributed by atoms with Crippen LogP contribution in [0, 0.1) is 0 Å². The zero-order valence-corrected chi connectivity index (χ0v) is 17.0. The maximum absolute atomic E-state index is 12.3. The number of rotatable bonds is 7. The molecule has 0 bridgehead atoms. The third-order valence-corrected chi connectivity index (χ3v) is 5.12. The van der Waals surface area contributed by atoms with E-state index in [2.05, 4.69) is 20.5 Å². The van der Waals surface area contributed by atoms with E-state index >= 15 is 0 Å². The van der Waals surface area contributed by atoms with Gasteiger partial charge in [-0.1, -0.05) is 0 Å². The van der Waals surface area contributed by atoms with Crippen molar-refractivity contribution >= 4 is 17.8 Å². The summed E-state index contributed by atoms with van der Waals surface area (Å²) >= 11 is 0. The Bertz CT molecular complexity index is 853. The summed E-state index contributed by atoms with van der Waals surface area (Å²) in [5, 5.41) is 9.99. The number of H-pyrrole nitrogens is 1. The molecule has 2 atom stereocenters. The van der Waals surface area contributed by atoms with Crippen LogP contribution in [0.25, 0.3) is 0 Å². The minimum absolute atomic E-state index is 0.0930. The number of pyridine rings is 1. The molecular formula is C20H27N5O4. The molecule has 2 aromatic heterocycles. The molecule has 2 N–H and O–H groups in total. The molecule has 9 heteroatoms. The van der Waals surface area contributed by atoms with E-state index in [9.17, 15) is 9.59 Å². The van der Waals surface area contributed by atoms with Crippen molar-refractivity contribution in [1.82, 2.24) is 20.1 Å². The monoisotopic (exact) mass is 401 g/mol. The largest absolute Gasteiger partial charge is 0.481 e. The van der Waals surface area contributed by atoms with E-state index in [0.717, 1.165) is 30.5 Å². The Morgan fingerprint density at radius 1 is 1.34 bits per heavy atom. The van der Waals surface area contributed by atoms with Crippen LogP contribution in [0.15, 0.2) is 24.4 Å². The average molecular weight is 401 g/mol. The van der Waals surface area contributed by atoms with Crippen LogP contribution in [0.3, 0.4) is 0 Å². The second kappa shape index (κ2) is 9.40. The molecule has 0 saturated heterocycles. The van der Waals surface area contributed by atoms with Crippen molar-refractivity contribution in [3.8, 4) is 5.88 Å². The summed E-state index contributed by atoms with van der Waals surface area (Å²) in [6.45, 7) is 2.52. The van der Waals surface area contributed by atoms with Crippen molar-refractivity contribution in [2.24, 2.45) is 0 Å². The van der Waals surface area contributed by atoms with Crippen LogP contribution in [0.5, 0.6) is 5.88 Å². The minimum atomic E-state index is -0.288. The number of methoxy groups -OCH3 is 1. The van der Waals surface area contributed by atoms with Crippen molar-refractivity contribution in [3.63, 3.8) is 0 Å². The van der Waals surface area contributed by atoms with Gasteiger partial charge in [-0.25, -0.2) is 9.78 Å². The standard InChI is InChI=1S/C20H27N5O4/c1-4-25(2)20(27)29-15-6-5-14(11-15)16-12-17(24-23-16)22-18(26)9-13-7-8-21-19(10-13)28-3/h7-8,10,12,14-15H,4-6,9,11H2,1-3H3,(H2,22,23,24,26)/t14-,15+/m0/s1. The third-order valence-electron chi connectivity index (χ3n) is 5.12. The van der Waals surface area contributed by atoms with Crippen molar-refractivity contribution in [2.75, 3.05) is 26.0 Å². The minimum Gasteiger partial charge on any atom is -0.481 e. The molecule has 0 unspecified atom stereocenters. The van der Waals surface area contributed by atoms with E-state index in [4.69, 9.17) is 9.47 Å². The highest BCUT2D eigenvalue weighted by molar-refractivity contribution is 5.91. The summed E-state index contributed by atoms with van der Waals surface area (Å²) in [5.41, 5.74) is 1.75. The quantitative estimate of drug-likeness (QED) is 0.738. The Balaban J connectivity index is 1.51. The molecule has 1 aliphatic carbocycles. The molecule has 2 amide bonds. The molecule has 1 aliphatic rings. The Morgan fingerprint density at radius 2 is 2.17 bits per heavy atom. The molecule has 0 aromatic carbocycles. The Morgan fingerprint density at radius 3 is 2.93 bits per heavy atom. The first-order valence-electron chi connectivity index (χ1n) is 9.74. The third kappa shape index (κ3) is 5.46. The Labute approximate surface area is 169 Å². The normalized spacial score (nSPS) is 18.3. The number of hydrogen-bond donors (Lipinski definition) is 2. The van der Waals surface area contributed by atoms with Gasteiger partial charge in [0.1, 0.15) is 6.10 Å². The molecule has 0 spiro atoms. The number of ether oxygens (including phenoxy) is 2. The number of nitrogens with one attached hydrogen (secondary N) is 2. The van der Waals surface area contributed by atoms with Gasteiger partial charge in [-0.05, 0) is 37.8 Å². The molecule has 0 aliphatic heterocycles. The summed E-state index contributed by atoms with van der Waals surface area (Å²) in [7, 11) is 3.26. The van der Waals surface area contributed by atoms with Gasteiger partial charge in [-0.2, -0.15) is 5.10 Å². The molecule has 2 heterocycles. The lowest BCUT2D eigenvalue weighted by Gasteiger charge is -2.18. The highest BCUT2D eigenvalue weighted by Crippen LogP contribution is 2.36. The van der Waals surface area contributed by atoms with Gasteiger partial charge in [0.15, 0.2) is 5.82 Å². The van der Waals surface area contributed by atoms with Gasteiger partial charge in [0, 0.05) is 43.5 Å². The van der Waals surface area contributed by atoms with Gasteiger partial charge in [0.25, 0.3) is 0 Å². The molecule has 156 valence electrons.